The second-order valence-corrected chi connectivity index (χ2v) is 8.20. The standard InChI is InChI=1S/C23H23F3N6O3/c1-31(2)22(34)32-11-10-16(13-32)28-17-9-8-15(12-27-17)29-20(33)18-19(23(24,25)26)35-21(30-18)14-6-4-3-5-7-14/h3-9,12,16H,10-11,13H2,1-2H3,(H,27,28)(H,29,33). The van der Waals surface area contributed by atoms with E-state index in [-0.39, 0.29) is 23.7 Å². The normalized spacial score (nSPS) is 15.7. The number of nitrogens with zero attached hydrogens (tertiary/aromatic N) is 4. The number of halogens is 3. The number of likely N-dealkylation sites (tertiary alicyclic amines) is 1. The van der Waals surface area contributed by atoms with E-state index in [0.717, 1.165) is 6.42 Å². The number of alkyl halides is 3. The summed E-state index contributed by atoms with van der Waals surface area (Å²) in [7, 11) is 3.38. The first kappa shape index (κ1) is 24.0. The van der Waals surface area contributed by atoms with E-state index in [9.17, 15) is 22.8 Å². The Hall–Kier alpha value is -4.09. The minimum absolute atomic E-state index is 0.00715. The topological polar surface area (TPSA) is 104 Å². The van der Waals surface area contributed by atoms with Gasteiger partial charge < -0.3 is 24.9 Å². The van der Waals surface area contributed by atoms with Gasteiger partial charge in [0, 0.05) is 38.8 Å². The van der Waals surface area contributed by atoms with Crippen LogP contribution in [0.3, 0.4) is 0 Å². The second-order valence-electron chi connectivity index (χ2n) is 8.20. The smallest absolute Gasteiger partial charge is 0.431 e. The highest BCUT2D eigenvalue weighted by molar-refractivity contribution is 6.04. The molecule has 1 unspecified atom stereocenters. The summed E-state index contributed by atoms with van der Waals surface area (Å²) < 4.78 is 45.4. The number of amides is 3. The van der Waals surface area contributed by atoms with Gasteiger partial charge in [-0.15, -0.1) is 0 Å². The number of aromatic nitrogens is 2. The number of urea groups is 1. The molecule has 0 aliphatic carbocycles. The molecule has 2 N–H and O–H groups in total. The summed E-state index contributed by atoms with van der Waals surface area (Å²) in [6, 6.07) is 11.0. The van der Waals surface area contributed by atoms with E-state index in [4.69, 9.17) is 4.42 Å². The largest absolute Gasteiger partial charge is 0.452 e. The summed E-state index contributed by atoms with van der Waals surface area (Å²) in [5.74, 6) is -2.34. The first-order chi connectivity index (χ1) is 16.6. The van der Waals surface area contributed by atoms with Crippen molar-refractivity contribution in [1.82, 2.24) is 19.8 Å². The second kappa shape index (κ2) is 9.65. The van der Waals surface area contributed by atoms with Crippen LogP contribution in [0.5, 0.6) is 0 Å². The third-order valence-corrected chi connectivity index (χ3v) is 5.34. The minimum Gasteiger partial charge on any atom is -0.431 e. The lowest BCUT2D eigenvalue weighted by Crippen LogP contribution is -2.38. The molecule has 1 atom stereocenters. The molecular formula is C23H23F3N6O3. The first-order valence-electron chi connectivity index (χ1n) is 10.8. The number of nitrogens with one attached hydrogen (secondary N) is 2. The van der Waals surface area contributed by atoms with Gasteiger partial charge in [0.25, 0.3) is 5.91 Å². The molecule has 0 saturated carbocycles. The first-order valence-corrected chi connectivity index (χ1v) is 10.8. The molecule has 4 rings (SSSR count). The number of hydrogen-bond acceptors (Lipinski definition) is 6. The Morgan fingerprint density at radius 2 is 1.89 bits per heavy atom. The van der Waals surface area contributed by atoms with Crippen LogP contribution in [-0.4, -0.2) is 64.9 Å². The van der Waals surface area contributed by atoms with Crippen LogP contribution in [0.2, 0.25) is 0 Å². The highest BCUT2D eigenvalue weighted by Crippen LogP contribution is 2.35. The summed E-state index contributed by atoms with van der Waals surface area (Å²) >= 11 is 0. The van der Waals surface area contributed by atoms with E-state index in [1.807, 2.05) is 0 Å². The highest BCUT2D eigenvalue weighted by atomic mass is 19.4. The average Bonchev–Trinajstić information content (AvgIpc) is 3.48. The summed E-state index contributed by atoms with van der Waals surface area (Å²) in [5, 5.41) is 5.60. The van der Waals surface area contributed by atoms with Crippen LogP contribution in [0.4, 0.5) is 29.5 Å². The van der Waals surface area contributed by atoms with Crippen LogP contribution in [-0.2, 0) is 6.18 Å². The van der Waals surface area contributed by atoms with Gasteiger partial charge in [0.1, 0.15) is 5.82 Å². The van der Waals surface area contributed by atoms with Crippen LogP contribution in [0.25, 0.3) is 11.5 Å². The predicted octanol–water partition coefficient (Wildman–Crippen LogP) is 4.18. The summed E-state index contributed by atoms with van der Waals surface area (Å²) in [6.45, 7) is 1.14. The van der Waals surface area contributed by atoms with Crippen molar-refractivity contribution in [2.24, 2.45) is 0 Å². The molecule has 0 spiro atoms. The maximum Gasteiger partial charge on any atom is 0.452 e. The van der Waals surface area contributed by atoms with Crippen molar-refractivity contribution in [2.45, 2.75) is 18.6 Å². The molecule has 0 bridgehead atoms. The Kier molecular flexibility index (Phi) is 6.63. The SMILES string of the molecule is CN(C)C(=O)N1CCC(Nc2ccc(NC(=O)c3nc(-c4ccccc4)oc3C(F)(F)F)cn2)C1. The number of rotatable bonds is 5. The quantitative estimate of drug-likeness (QED) is 0.559. The number of anilines is 2. The third-order valence-electron chi connectivity index (χ3n) is 5.34. The predicted molar refractivity (Wildman–Crippen MR) is 122 cm³/mol. The van der Waals surface area contributed by atoms with Gasteiger partial charge >= 0.3 is 12.2 Å². The zero-order valence-corrected chi connectivity index (χ0v) is 19.0. The van der Waals surface area contributed by atoms with Crippen molar-refractivity contribution < 1.29 is 27.2 Å². The monoisotopic (exact) mass is 488 g/mol. The molecule has 12 heteroatoms. The molecule has 3 aromatic rings. The minimum atomic E-state index is -4.90. The number of pyridine rings is 1. The lowest BCUT2D eigenvalue weighted by Gasteiger charge is -2.21. The lowest BCUT2D eigenvalue weighted by atomic mass is 10.2. The molecule has 0 radical (unpaired) electrons. The number of benzene rings is 1. The third kappa shape index (κ3) is 5.53. The Morgan fingerprint density at radius 3 is 2.51 bits per heavy atom. The maximum absolute atomic E-state index is 13.5. The number of carbonyl (C=O) groups excluding carboxylic acids is 2. The Morgan fingerprint density at radius 1 is 1.14 bits per heavy atom. The summed E-state index contributed by atoms with van der Waals surface area (Å²) in [6.07, 6.45) is -2.83. The van der Waals surface area contributed by atoms with Gasteiger partial charge in [0.15, 0.2) is 5.69 Å². The highest BCUT2D eigenvalue weighted by Gasteiger charge is 2.42. The molecule has 1 saturated heterocycles. The molecule has 9 nitrogen and oxygen atoms in total. The number of oxazole rings is 1. The van der Waals surface area contributed by atoms with Gasteiger partial charge in [-0.05, 0) is 30.7 Å². The fourth-order valence-corrected chi connectivity index (χ4v) is 3.66. The maximum atomic E-state index is 13.5. The van der Waals surface area contributed by atoms with Crippen LogP contribution in [0.1, 0.15) is 22.7 Å². The Bertz CT molecular complexity index is 1200. The van der Waals surface area contributed by atoms with Crippen LogP contribution in [0, 0.1) is 0 Å². The van der Waals surface area contributed by atoms with Crippen molar-refractivity contribution in [1.29, 1.82) is 0 Å². The van der Waals surface area contributed by atoms with Crippen molar-refractivity contribution in [3.63, 3.8) is 0 Å². The number of hydrogen-bond donors (Lipinski definition) is 2. The molecule has 1 fully saturated rings. The van der Waals surface area contributed by atoms with Gasteiger partial charge in [0.05, 0.1) is 11.9 Å². The zero-order chi connectivity index (χ0) is 25.2. The molecule has 35 heavy (non-hydrogen) atoms. The molecule has 1 aliphatic heterocycles. The van der Waals surface area contributed by atoms with Crippen LogP contribution < -0.4 is 10.6 Å². The fourth-order valence-electron chi connectivity index (χ4n) is 3.66. The van der Waals surface area contributed by atoms with Crippen molar-refractivity contribution in [3.05, 3.63) is 60.1 Å². The van der Waals surface area contributed by atoms with E-state index >= 15 is 0 Å². The van der Waals surface area contributed by atoms with Crippen molar-refractivity contribution in [3.8, 4) is 11.5 Å². The zero-order valence-electron chi connectivity index (χ0n) is 19.0. The fraction of sp³-hybridized carbons (Fsp3) is 0.304. The van der Waals surface area contributed by atoms with Crippen molar-refractivity contribution >= 4 is 23.4 Å². The van der Waals surface area contributed by atoms with Crippen LogP contribution >= 0.6 is 0 Å². The lowest BCUT2D eigenvalue weighted by molar-refractivity contribution is -0.153. The number of carbonyl (C=O) groups is 2. The van der Waals surface area contributed by atoms with Crippen LogP contribution in [0.15, 0.2) is 53.1 Å². The van der Waals surface area contributed by atoms with E-state index in [2.05, 4.69) is 20.6 Å². The summed E-state index contributed by atoms with van der Waals surface area (Å²) in [5.41, 5.74) is -0.365. The van der Waals surface area contributed by atoms with Crippen molar-refractivity contribution in [2.75, 3.05) is 37.8 Å². The molecule has 3 heterocycles. The Labute approximate surface area is 198 Å². The Balaban J connectivity index is 1.43. The average molecular weight is 488 g/mol. The molecule has 1 aromatic carbocycles. The van der Waals surface area contributed by atoms with E-state index in [1.165, 1.54) is 29.3 Å². The van der Waals surface area contributed by atoms with E-state index in [0.29, 0.717) is 24.5 Å². The summed E-state index contributed by atoms with van der Waals surface area (Å²) in [4.78, 5) is 35.9. The van der Waals surface area contributed by atoms with Gasteiger partial charge in [0.2, 0.25) is 11.7 Å². The molecular weight excluding hydrogens is 465 g/mol. The molecule has 1 aliphatic rings. The molecule has 2 aromatic heterocycles. The van der Waals surface area contributed by atoms with Gasteiger partial charge in [-0.1, -0.05) is 18.2 Å². The molecule has 3 amide bonds. The molecule has 184 valence electrons. The van der Waals surface area contributed by atoms with Gasteiger partial charge in [-0.2, -0.15) is 13.2 Å². The van der Waals surface area contributed by atoms with E-state index in [1.54, 1.807) is 43.3 Å². The van der Waals surface area contributed by atoms with E-state index < -0.39 is 23.5 Å². The van der Waals surface area contributed by atoms with Gasteiger partial charge in [-0.3, -0.25) is 4.79 Å². The van der Waals surface area contributed by atoms with Gasteiger partial charge in [-0.25, -0.2) is 14.8 Å².